The molecule has 7 heterocycles. The minimum Gasteiger partial charge on any atom is -0.351 e. The Balaban J connectivity index is 0.770. The summed E-state index contributed by atoms with van der Waals surface area (Å²) in [7, 11) is 11.2. The number of nitrogens with one attached hydrogen (secondary N) is 11. The molecule has 0 saturated carbocycles. The number of imidazole rings is 4. The summed E-state index contributed by atoms with van der Waals surface area (Å²) >= 11 is 0. The zero-order valence-corrected chi connectivity index (χ0v) is 50.1. The predicted octanol–water partition coefficient (Wildman–Crippen LogP) is 1.09. The number of amides is 11. The van der Waals surface area contributed by atoms with Gasteiger partial charge in [0.1, 0.15) is 17.1 Å². The first-order chi connectivity index (χ1) is 41.6. The van der Waals surface area contributed by atoms with Gasteiger partial charge in [-0.25, -0.2) is 19.9 Å². The summed E-state index contributed by atoms with van der Waals surface area (Å²) in [5.74, 6) is -4.97. The highest BCUT2D eigenvalue weighted by atomic mass is 16.2. The number of aryl methyl sites for hydroxylation is 7. The Labute approximate surface area is 503 Å². The summed E-state index contributed by atoms with van der Waals surface area (Å²) in [6.45, 7) is 5.64. The molecule has 7 aromatic rings. The molecule has 0 saturated heterocycles. The van der Waals surface area contributed by atoms with Gasteiger partial charge in [0, 0.05) is 156 Å². The molecule has 0 unspecified atom stereocenters. The number of rotatable bonds is 26. The molecule has 88 heavy (non-hydrogen) atoms. The maximum absolute atomic E-state index is 13.3. The van der Waals surface area contributed by atoms with Gasteiger partial charge >= 0.3 is 0 Å². The minimum atomic E-state index is -0.633. The van der Waals surface area contributed by atoms with Gasteiger partial charge in [0.25, 0.3) is 41.4 Å². The fraction of sp³-hybridized carbons (Fsp3) is 0.364. The lowest BCUT2D eigenvalue weighted by atomic mass is 10.1. The van der Waals surface area contributed by atoms with Crippen LogP contribution in [0.1, 0.15) is 127 Å². The molecule has 7 aromatic heterocycles. The maximum atomic E-state index is 13.3. The van der Waals surface area contributed by atoms with Crippen molar-refractivity contribution in [2.24, 2.45) is 49.3 Å². The molecule has 7 rings (SSSR count). The van der Waals surface area contributed by atoms with E-state index in [1.807, 2.05) is 20.8 Å². The number of hydrogen-bond acceptors (Lipinski definition) is 15. The van der Waals surface area contributed by atoms with Gasteiger partial charge in [-0.1, -0.05) is 0 Å². The van der Waals surface area contributed by atoms with Crippen LogP contribution in [0.25, 0.3) is 0 Å². The van der Waals surface area contributed by atoms with Gasteiger partial charge in [0.05, 0.1) is 17.1 Å². The van der Waals surface area contributed by atoms with E-state index in [1.54, 1.807) is 66.3 Å². The van der Waals surface area contributed by atoms with Crippen molar-refractivity contribution in [3.8, 4) is 0 Å². The second kappa shape index (κ2) is 28.2. The van der Waals surface area contributed by atoms with Gasteiger partial charge in [-0.2, -0.15) is 0 Å². The molecule has 0 aliphatic carbocycles. The van der Waals surface area contributed by atoms with Crippen LogP contribution < -0.4 is 58.5 Å². The minimum absolute atomic E-state index is 0.0121. The Hall–Kier alpha value is -11.2. The zero-order chi connectivity index (χ0) is 64.1. The van der Waals surface area contributed by atoms with Crippen molar-refractivity contribution >= 4 is 99.5 Å². The van der Waals surface area contributed by atoms with Crippen molar-refractivity contribution in [2.45, 2.75) is 58.4 Å². The summed E-state index contributed by atoms with van der Waals surface area (Å²) in [5.41, 5.74) is 1.16. The quantitative estimate of drug-likeness (QED) is 0.0338. The molecular weight excluding hydrogens is 1140 g/mol. The number of anilines is 6. The van der Waals surface area contributed by atoms with Crippen molar-refractivity contribution in [1.82, 2.24) is 78.5 Å². The molecule has 0 aliphatic rings. The Morgan fingerprint density at radius 3 is 1.20 bits per heavy atom. The van der Waals surface area contributed by atoms with Crippen LogP contribution in [0.2, 0.25) is 0 Å². The van der Waals surface area contributed by atoms with Crippen molar-refractivity contribution < 1.29 is 52.7 Å². The van der Waals surface area contributed by atoms with Crippen LogP contribution >= 0.6 is 0 Å². The average Bonchev–Trinajstić information content (AvgIpc) is 2.89. The fourth-order valence-electron chi connectivity index (χ4n) is 8.70. The number of carbonyl (C=O) groups is 11. The molecule has 0 fully saturated rings. The molecular formula is C55H70N22O11. The first-order valence-electron chi connectivity index (χ1n) is 27.4. The third kappa shape index (κ3) is 17.5. The van der Waals surface area contributed by atoms with Gasteiger partial charge in [0.2, 0.25) is 41.1 Å². The number of aromatic nitrogens is 11. The van der Waals surface area contributed by atoms with Crippen LogP contribution in [0, 0.1) is 0 Å². The molecule has 466 valence electrons. The summed E-state index contributed by atoms with van der Waals surface area (Å²) in [6.07, 6.45) is 12.1. The lowest BCUT2D eigenvalue weighted by molar-refractivity contribution is -0.122. The summed E-state index contributed by atoms with van der Waals surface area (Å²) in [5, 5.41) is 29.4. The SMILES string of the molecule is Cn1cc(NC(=O)c2nc(NC(=O)CCNC(=O)c3cc(NC(=O)c4nccn4C)cn3C)cn2C)cc1C(=O)NCCCC(=O)Nc1cn(C)c(C(=O)NCCC(=O)Nc2cc(C(=O)Nc3cn(C)c(C(=O)NCCC(=O)NC(C)(C)C)n3)n(C)c2)n1. The monoisotopic (exact) mass is 1210 g/mol. The zero-order valence-electron chi connectivity index (χ0n) is 50.1. The van der Waals surface area contributed by atoms with E-state index in [0.29, 0.717) is 11.4 Å². The molecule has 11 N–H and O–H groups in total. The lowest BCUT2D eigenvalue weighted by Gasteiger charge is -2.20. The van der Waals surface area contributed by atoms with Crippen LogP contribution in [-0.2, 0) is 68.5 Å². The van der Waals surface area contributed by atoms with Gasteiger partial charge in [-0.15, -0.1) is 0 Å². The van der Waals surface area contributed by atoms with Crippen molar-refractivity contribution in [1.29, 1.82) is 0 Å². The van der Waals surface area contributed by atoms with E-state index in [-0.39, 0.29) is 128 Å². The van der Waals surface area contributed by atoms with Crippen molar-refractivity contribution in [2.75, 3.05) is 58.1 Å². The van der Waals surface area contributed by atoms with Gasteiger partial charge in [-0.3, -0.25) is 52.7 Å². The Morgan fingerprint density at radius 1 is 0.375 bits per heavy atom. The molecule has 33 heteroatoms. The molecule has 33 nitrogen and oxygen atoms in total. The maximum Gasteiger partial charge on any atom is 0.291 e. The van der Waals surface area contributed by atoms with Gasteiger partial charge < -0.3 is 90.5 Å². The van der Waals surface area contributed by atoms with E-state index in [0.717, 1.165) is 0 Å². The van der Waals surface area contributed by atoms with Crippen LogP contribution in [0.3, 0.4) is 0 Å². The lowest BCUT2D eigenvalue weighted by Crippen LogP contribution is -2.42. The van der Waals surface area contributed by atoms with E-state index in [9.17, 15) is 52.7 Å². The second-order valence-electron chi connectivity index (χ2n) is 21.4. The highest BCUT2D eigenvalue weighted by Gasteiger charge is 2.23. The topological polar surface area (TPSA) is 406 Å². The molecule has 0 spiro atoms. The first-order valence-corrected chi connectivity index (χ1v) is 27.4. The summed E-state index contributed by atoms with van der Waals surface area (Å²) in [4.78, 5) is 158. The van der Waals surface area contributed by atoms with Crippen LogP contribution in [0.15, 0.2) is 67.8 Å². The van der Waals surface area contributed by atoms with Gasteiger partial charge in [0.15, 0.2) is 23.3 Å². The van der Waals surface area contributed by atoms with E-state index >= 15 is 0 Å². The average molecular weight is 1220 g/mol. The number of hydrogen-bond donors (Lipinski definition) is 11. The van der Waals surface area contributed by atoms with E-state index in [2.05, 4.69) is 78.4 Å². The van der Waals surface area contributed by atoms with Crippen molar-refractivity contribution in [3.05, 3.63) is 108 Å². The Kier molecular flexibility index (Phi) is 20.6. The Bertz CT molecular complexity index is 3820. The fourth-order valence-corrected chi connectivity index (χ4v) is 8.70. The molecule has 0 bridgehead atoms. The van der Waals surface area contributed by atoms with Gasteiger partial charge in [-0.05, 0) is 45.4 Å². The predicted molar refractivity (Wildman–Crippen MR) is 319 cm³/mol. The summed E-state index contributed by atoms with van der Waals surface area (Å²) < 4.78 is 10.3. The van der Waals surface area contributed by atoms with E-state index in [4.69, 9.17) is 0 Å². The number of carbonyl (C=O) groups excluding carboxylic acids is 11. The largest absolute Gasteiger partial charge is 0.351 e. The van der Waals surface area contributed by atoms with Crippen LogP contribution in [0.4, 0.5) is 34.5 Å². The number of nitrogens with zero attached hydrogens (tertiary/aromatic N) is 11. The standard InChI is InChI=1S/C55H70N22O11/c1-55(2,3)70-43(81)15-19-60-52(86)46-68-39(30-76(46)9)69-50(84)36-22-31(25-74(36)7)61-41(79)13-18-59-51(85)45-66-37(28-75(45)8)64-40(78)12-11-16-57-48(82)34-24-33(27-72(34)5)63-54(88)47-67-38(29-77(47)10)65-42(80)14-17-58-49(83)35-23-32(26-73(35)6)62-53(87)44-56-20-21-71(44)4/h20-30H,11-19H2,1-10H3,(H,57,82)(H,58,83)(H,59,85)(H,60,86)(H,61,79)(H,62,87)(H,63,88)(H,64,78)(H,65,80)(H,69,84)(H,70,81). The molecule has 0 atom stereocenters. The van der Waals surface area contributed by atoms with Crippen molar-refractivity contribution in [3.63, 3.8) is 0 Å². The highest BCUT2D eigenvalue weighted by Crippen LogP contribution is 2.19. The Morgan fingerprint density at radius 2 is 0.750 bits per heavy atom. The van der Waals surface area contributed by atoms with E-state index < -0.39 is 64.6 Å². The molecule has 0 aromatic carbocycles. The van der Waals surface area contributed by atoms with Crippen LogP contribution in [-0.4, -0.2) is 149 Å². The van der Waals surface area contributed by atoms with Crippen LogP contribution in [0.5, 0.6) is 0 Å². The first kappa shape index (κ1) is 64.4. The second-order valence-corrected chi connectivity index (χ2v) is 21.4. The molecule has 0 aliphatic heterocycles. The third-order valence-corrected chi connectivity index (χ3v) is 12.8. The highest BCUT2D eigenvalue weighted by molar-refractivity contribution is 6.06. The smallest absolute Gasteiger partial charge is 0.291 e. The van der Waals surface area contributed by atoms with E-state index in [1.165, 1.54) is 82.8 Å². The normalized spacial score (nSPS) is 11.1. The molecule has 11 amide bonds. The molecule has 0 radical (unpaired) electrons. The third-order valence-electron chi connectivity index (χ3n) is 12.8. The summed E-state index contributed by atoms with van der Waals surface area (Å²) in [6, 6.07) is 4.40.